The number of amides is 3. The van der Waals surface area contributed by atoms with Gasteiger partial charge in [0, 0.05) is 64.2 Å². The van der Waals surface area contributed by atoms with Crippen LogP contribution in [0.3, 0.4) is 0 Å². The van der Waals surface area contributed by atoms with Gasteiger partial charge in [0.25, 0.3) is 29.9 Å². The molecule has 56 nitrogen and oxygen atoms in total. The fourth-order valence-corrected chi connectivity index (χ4v) is 25.7. The third-order valence-corrected chi connectivity index (χ3v) is 32.6. The van der Waals surface area contributed by atoms with Gasteiger partial charge in [0.2, 0.25) is 48.0 Å². The van der Waals surface area contributed by atoms with Gasteiger partial charge in [0.1, 0.15) is 121 Å². The highest BCUT2D eigenvalue weighted by Crippen LogP contribution is 2.62. The Morgan fingerprint density at radius 2 is 0.717 bits per heavy atom. The van der Waals surface area contributed by atoms with Crippen molar-refractivity contribution < 1.29 is 152 Å². The van der Waals surface area contributed by atoms with E-state index in [4.69, 9.17) is 147 Å². The number of aromatic nitrogens is 21. The van der Waals surface area contributed by atoms with E-state index in [-0.39, 0.29) is 106 Å². The molecule has 9 fully saturated rings. The van der Waals surface area contributed by atoms with Gasteiger partial charge < -0.3 is 117 Å². The second kappa shape index (κ2) is 38.6. The highest BCUT2D eigenvalue weighted by molar-refractivity contribution is 8.44. The SMILES string of the molecule is [B]P1(=O)OC[C@H]2O[C@@H](n3cnc4c(N)ncnc43)C(F)[C@H]2OP(=O)(S)OC[C@H]2O[C@@H](n3nc4c5c(ccnc53)NC(=O)CC4)[C@@H](OC)C2O1.[B]P1(=O)OC[C@H]2O[C@@H](n3cnc4c(N)ncnc43)C(F)[C@H]2OP(O)(=S)OC[C@H]2O[C@@H](n3nc4c5c(ccnc53)NC(=O)CC4)[C@@H](O)C2O1.[B]P1(=O)OC[C@H]2O[C@@H](n3cnc4c(N)ncnc43)C(F)[C@H]2OP([B])(=O)OC[C@H]2O[C@@H](n3nc4c5c(ccnc53)NC(=O)CC4)[C@@H](F)C2O1. The van der Waals surface area contributed by atoms with Crippen LogP contribution in [-0.2, 0) is 156 Å². The Bertz CT molecular complexity index is 7220. The molecule has 12 aliphatic rings. The number of methoxy groups -OCH3 is 1. The Morgan fingerprint density at radius 3 is 1.12 bits per heavy atom. The number of imidazole rings is 3. The second-order valence-corrected chi connectivity index (χ2v) is 46.2. The number of pyridine rings is 3. The molecule has 11 N–H and O–H groups in total. The number of alkyl halides is 4. The molecule has 9 saturated heterocycles. The van der Waals surface area contributed by atoms with Crippen LogP contribution >= 0.6 is 55.7 Å². The van der Waals surface area contributed by atoms with Crippen molar-refractivity contribution in [2.75, 3.05) is 79.9 Å². The average Bonchev–Trinajstić information content (AvgIpc) is 1.59. The van der Waals surface area contributed by atoms with Crippen molar-refractivity contribution in [3.8, 4) is 0 Å². The number of fused-ring (bicyclic) bond motifs is 9. The fourth-order valence-electron chi connectivity index (χ4n) is 18.8. The number of aliphatic hydroxyl groups is 1. The van der Waals surface area contributed by atoms with Crippen molar-refractivity contribution in [1.82, 2.24) is 103 Å². The summed E-state index contributed by atoms with van der Waals surface area (Å²) in [5.41, 5.74) is 22.4. The molecule has 0 spiro atoms. The van der Waals surface area contributed by atoms with E-state index in [1.165, 1.54) is 80.4 Å². The first-order valence-electron chi connectivity index (χ1n) is 43.9. The number of aliphatic hydroxyl groups excluding tert-OH is 1. The monoisotopic (exact) mass is 2160 g/mol. The summed E-state index contributed by atoms with van der Waals surface area (Å²) in [5.74, 6) is -0.421. The van der Waals surface area contributed by atoms with E-state index in [0.29, 0.717) is 68.8 Å². The number of thiol groups is 1. The molecule has 12 aliphatic heterocycles. The number of rotatable bonds is 7. The van der Waals surface area contributed by atoms with Crippen LogP contribution in [0.15, 0.2) is 74.8 Å². The standard InChI is InChI=1S/C25H27BFN9O10P2S.C24H23B2F2N9O9P2.C24H25BFN9O10P2S/c1-40-20-19-13(44-25(20)36-22-15-10(4-5-29-22)33-14(37)3-2-11(15)34-36)7-42-48(39,49)46-18-12(6-41-47(26,38)45-19)43-24(16(18)27)35-9-32-17-21(28)30-8-31-23(17)35;25-47(39)42-6-12-19(16(28)24(44-12)37-21-14-9(3-4-30-21)34-13(38)2-1-10(14)35-37)46-48(26,40)41-5-11-18(45-47)15(27)23(43-11)36-8-33-17-20(29)31-7-32-22(17)36;25-46(38)40-5-11-18(15(26)23(42-11)34-8-31-16-20(27)29-7-30-22(16)34)45-47(39,48)41-6-12-19(44-46)17(37)24(43-12)35-21-14-9(3-4-28-21)32-13(36)2-1-10(14)33-35/h4-5,8-9,12-13,16,18-20,24-25H,2-3,6-7H2,1H3,(H,33,37)(H,39,49)(H2,28,30,31);3-4,7-8,11-12,15-16,18-19,23-24H,1-2,5-6H2,(H,34,38)(H2,29,31,32);3-4,7-8,11-12,15,17-19,23-24,37H,1-2,5-6H2,(H,32,36)(H,39,48)(H2,27,29,30)/t12-,13-,16?,18+,19?,20+,24-,25-,47?,48?;11-,12-,15?,16+,18+,19?,23-,24-,47?,48?;11-,12-,15?,17+,18+,19?,23-,24-,46?,47?/m111/s1. The van der Waals surface area contributed by atoms with Gasteiger partial charge >= 0.3 is 13.5 Å². The third kappa shape index (κ3) is 19.0. The number of carbonyl (C=O) groups is 3. The lowest BCUT2D eigenvalue weighted by molar-refractivity contribution is -0.116. The summed E-state index contributed by atoms with van der Waals surface area (Å²) >= 11 is 9.32. The summed E-state index contributed by atoms with van der Waals surface area (Å²) in [7, 11) is 6.87. The number of nitrogen functional groups attached to an aromatic ring is 3. The van der Waals surface area contributed by atoms with Crippen molar-refractivity contribution in [1.29, 1.82) is 0 Å². The summed E-state index contributed by atoms with van der Waals surface area (Å²) in [5, 5.41) is 35.2. The molecular formula is C73H75B4F4N27O29P6S2. The number of aryl methyl sites for hydroxylation is 3. The van der Waals surface area contributed by atoms with Crippen molar-refractivity contribution >= 4 is 217 Å². The summed E-state index contributed by atoms with van der Waals surface area (Å²) in [4.78, 5) is 96.9. The van der Waals surface area contributed by atoms with Gasteiger partial charge in [-0.3, -0.25) is 59.9 Å². The molecule has 0 saturated carbocycles. The van der Waals surface area contributed by atoms with Gasteiger partial charge in [0.05, 0.1) is 109 Å². The second-order valence-electron chi connectivity index (χ2n) is 34.4. The van der Waals surface area contributed by atoms with Crippen LogP contribution in [-0.4, -0.2) is 318 Å². The Hall–Kier alpha value is -9.39. The van der Waals surface area contributed by atoms with Gasteiger partial charge in [-0.25, -0.2) is 96.0 Å². The van der Waals surface area contributed by atoms with Gasteiger partial charge in [0.15, 0.2) is 113 Å². The Kier molecular flexibility index (Phi) is 26.6. The first-order valence-corrected chi connectivity index (χ1v) is 55.6. The Balaban J connectivity index is 0.000000124. The van der Waals surface area contributed by atoms with Crippen LogP contribution in [0.5, 0.6) is 0 Å². The number of anilines is 6. The van der Waals surface area contributed by atoms with E-state index in [2.05, 4.69) is 103 Å². The predicted octanol–water partition coefficient (Wildman–Crippen LogP) is 4.14. The Morgan fingerprint density at radius 1 is 0.407 bits per heavy atom. The number of nitrogens with two attached hydrogens (primary N) is 3. The van der Waals surface area contributed by atoms with Gasteiger partial charge in [-0.1, -0.05) is 12.2 Å². The van der Waals surface area contributed by atoms with Crippen LogP contribution in [0, 0.1) is 0 Å². The lowest BCUT2D eigenvalue weighted by Gasteiger charge is -2.30. The van der Waals surface area contributed by atoms with Crippen molar-refractivity contribution in [3.63, 3.8) is 0 Å². The molecule has 12 unspecified atom stereocenters. The summed E-state index contributed by atoms with van der Waals surface area (Å²) in [6.07, 6.45) is -23.6. The molecule has 24 rings (SSSR count). The Labute approximate surface area is 825 Å². The number of nitrogens with zero attached hydrogens (tertiary/aromatic N) is 21. The van der Waals surface area contributed by atoms with Crippen LogP contribution in [0.2, 0.25) is 0 Å². The van der Waals surface area contributed by atoms with E-state index >= 15 is 17.6 Å². The summed E-state index contributed by atoms with van der Waals surface area (Å²) in [6, 6.07) is 4.86. The molecule has 0 aliphatic carbocycles. The van der Waals surface area contributed by atoms with E-state index in [1.54, 1.807) is 18.2 Å². The van der Waals surface area contributed by atoms with E-state index in [1.807, 2.05) is 0 Å². The number of ether oxygens (including phenoxy) is 7. The van der Waals surface area contributed by atoms with E-state index < -0.39 is 231 Å². The smallest absolute Gasteiger partial charge is 0.385 e. The van der Waals surface area contributed by atoms with Crippen LogP contribution in [0.1, 0.15) is 73.7 Å². The quantitative estimate of drug-likeness (QED) is 0.0468. The van der Waals surface area contributed by atoms with Crippen LogP contribution in [0.25, 0.3) is 66.6 Å². The number of carbonyl (C=O) groups excluding carboxylic acids is 3. The highest BCUT2D eigenvalue weighted by Gasteiger charge is 2.60. The first kappa shape index (κ1) is 100. The fraction of sp³-hybridized carbons (Fsp3) is 0.507. The first-order chi connectivity index (χ1) is 69.2. The normalized spacial score (nSPS) is 37.2. The minimum atomic E-state index is -4.63. The molecule has 758 valence electrons. The number of hydrogen-bond acceptors (Lipinski definition) is 47. The van der Waals surface area contributed by atoms with E-state index in [0.717, 1.165) is 11.0 Å². The van der Waals surface area contributed by atoms with Gasteiger partial charge in [-0.15, -0.1) is 0 Å². The molecule has 30 atom stereocenters. The zero-order valence-corrected chi connectivity index (χ0v) is 81.2. The molecule has 0 aromatic carbocycles. The molecule has 72 heteroatoms. The lowest BCUT2D eigenvalue weighted by Crippen LogP contribution is -2.39. The number of nitrogens with one attached hydrogen (secondary N) is 3. The van der Waals surface area contributed by atoms with Crippen LogP contribution in [0.4, 0.5) is 52.1 Å². The van der Waals surface area contributed by atoms with Crippen molar-refractivity contribution in [2.45, 2.75) is 186 Å². The largest absolute Gasteiger partial charge is 0.386 e. The minimum absolute atomic E-state index is 0.0327. The molecule has 145 heavy (non-hydrogen) atoms. The van der Waals surface area contributed by atoms with Crippen molar-refractivity contribution in [2.24, 2.45) is 0 Å². The highest BCUT2D eigenvalue weighted by atomic mass is 32.7. The molecule has 8 radical (unpaired) electrons. The number of hydrogen-bond donors (Lipinski definition) is 9. The molecular weight excluding hydrogens is 2090 g/mol. The van der Waals surface area contributed by atoms with Gasteiger partial charge in [-0.2, -0.15) is 15.3 Å². The lowest BCUT2D eigenvalue weighted by atomic mass is 10.1. The van der Waals surface area contributed by atoms with Crippen molar-refractivity contribution in [3.05, 3.63) is 91.8 Å². The maximum Gasteiger partial charge on any atom is 0.386 e. The maximum absolute atomic E-state index is 16.3. The molecule has 24 heterocycles. The molecule has 12 aromatic heterocycles. The maximum atomic E-state index is 16.3. The van der Waals surface area contributed by atoms with E-state index in [9.17, 15) is 47.2 Å². The summed E-state index contributed by atoms with van der Waals surface area (Å²) < 4.78 is 248. The molecule has 3 amide bonds. The van der Waals surface area contributed by atoms with Gasteiger partial charge in [-0.05, 0) is 30.0 Å². The molecule has 12 aromatic rings. The zero-order chi connectivity index (χ0) is 101. The third-order valence-electron chi connectivity index (χ3n) is 25.3. The zero-order valence-electron chi connectivity index (χ0n) is 74.2. The average molecular weight is 2160 g/mol. The topological polar surface area (TPSA) is 689 Å². The summed E-state index contributed by atoms with van der Waals surface area (Å²) in [6.45, 7) is -12.5. The minimum Gasteiger partial charge on any atom is -0.385 e. The van der Waals surface area contributed by atoms with Crippen LogP contribution < -0.4 is 33.2 Å². The molecule has 0 bridgehead atoms. The number of halogens is 4. The predicted molar refractivity (Wildman–Crippen MR) is 494 cm³/mol.